The molecule has 0 aliphatic rings. The van der Waals surface area contributed by atoms with Crippen LogP contribution in [0.15, 0.2) is 49.8 Å². The fraction of sp³-hybridized carbons (Fsp3) is 0.600. The van der Waals surface area contributed by atoms with Gasteiger partial charge in [0.05, 0.1) is 18.6 Å². The van der Waals surface area contributed by atoms with Crippen LogP contribution in [-0.4, -0.2) is 45.8 Å². The Morgan fingerprint density at radius 2 is 1.07 bits per heavy atom. The van der Waals surface area contributed by atoms with Crippen molar-refractivity contribution in [3.63, 3.8) is 0 Å². The summed E-state index contributed by atoms with van der Waals surface area (Å²) in [5.74, 6) is 2.50. The molecule has 1 N–H and O–H groups in total. The quantitative estimate of drug-likeness (QED) is 0.579. The van der Waals surface area contributed by atoms with Crippen LogP contribution in [0.5, 0.6) is 0 Å². The molecule has 9 nitrogen and oxygen atoms in total. The minimum Gasteiger partial charge on any atom is -0.266 e. The molecule has 0 radical (unpaired) electrons. The van der Waals surface area contributed by atoms with Crippen LogP contribution in [-0.2, 0) is 0 Å². The van der Waals surface area contributed by atoms with Gasteiger partial charge in [-0.25, -0.2) is 9.97 Å². The topological polar surface area (TPSA) is 119 Å². The van der Waals surface area contributed by atoms with Crippen LogP contribution < -0.4 is 0 Å². The van der Waals surface area contributed by atoms with Crippen molar-refractivity contribution in [2.45, 2.75) is 62.3 Å². The lowest BCUT2D eigenvalue weighted by atomic mass is 10.3. The normalized spacial score (nSPS) is 8.41. The summed E-state index contributed by atoms with van der Waals surface area (Å²) in [6, 6.07) is 1.72. The van der Waals surface area contributed by atoms with Crippen LogP contribution >= 0.6 is 0 Å². The van der Waals surface area contributed by atoms with E-state index in [4.69, 9.17) is 0 Å². The Balaban J connectivity index is -0.000000283. The van der Waals surface area contributed by atoms with Crippen LogP contribution in [0.25, 0.3) is 0 Å². The monoisotopic (exact) mass is 405 g/mol. The smallest absolute Gasteiger partial charge is 0.138 e. The molecule has 0 fully saturated rings. The zero-order valence-electron chi connectivity index (χ0n) is 19.4. The number of hydrogen-bond acceptors (Lipinski definition) is 8. The van der Waals surface area contributed by atoms with Gasteiger partial charge in [-0.05, 0) is 29.0 Å². The number of nitrogens with one attached hydrogen (secondary N) is 1. The van der Waals surface area contributed by atoms with Gasteiger partial charge in [-0.3, -0.25) is 5.10 Å². The van der Waals surface area contributed by atoms with E-state index < -0.39 is 0 Å². The molecule has 0 amide bonds. The average molecular weight is 406 g/mol. The maximum atomic E-state index is 3.61. The molecule has 0 saturated carbocycles. The van der Waals surface area contributed by atoms with Crippen molar-refractivity contribution in [1.82, 2.24) is 45.8 Å². The van der Waals surface area contributed by atoms with Gasteiger partial charge in [-0.2, -0.15) is 10.2 Å². The van der Waals surface area contributed by atoms with E-state index in [1.807, 2.05) is 0 Å². The Morgan fingerprint density at radius 1 is 0.552 bits per heavy atom. The van der Waals surface area contributed by atoms with Crippen LogP contribution in [0.3, 0.4) is 0 Å². The second kappa shape index (κ2) is 27.4. The molecule has 3 heterocycles. The van der Waals surface area contributed by atoms with Crippen molar-refractivity contribution in [1.29, 1.82) is 0 Å². The molecule has 0 aliphatic heterocycles. The largest absolute Gasteiger partial charge is 0.266 e. The zero-order chi connectivity index (χ0) is 22.8. The summed E-state index contributed by atoms with van der Waals surface area (Å²) in [5.41, 5.74) is 0. The highest BCUT2D eigenvalue weighted by molar-refractivity contribution is 4.69. The standard InChI is InChI=1S/3C4H10.2C3H3N3.C2H3N3/c3*1-4(2)3;1-2-5-6-3-4-1;1-2-4-6-5-3-1;1-3-2-5-4-1/h3*4H,1-3H3;2*1-3H;1-2H,(H,3,4,5). The van der Waals surface area contributed by atoms with Crippen LogP contribution in [0.4, 0.5) is 0 Å². The molecule has 0 saturated heterocycles. The van der Waals surface area contributed by atoms with Crippen LogP contribution in [0.2, 0.25) is 0 Å². The van der Waals surface area contributed by atoms with E-state index in [9.17, 15) is 0 Å². The molecular formula is C20H39N9. The first-order chi connectivity index (χ1) is 13.7. The summed E-state index contributed by atoms with van der Waals surface area (Å²) in [6.07, 6.45) is 10.6. The molecule has 164 valence electrons. The fourth-order valence-corrected chi connectivity index (χ4v) is 0.576. The Morgan fingerprint density at radius 3 is 1.17 bits per heavy atom. The van der Waals surface area contributed by atoms with Crippen molar-refractivity contribution in [3.05, 3.63) is 49.8 Å². The summed E-state index contributed by atoms with van der Waals surface area (Å²) in [6.45, 7) is 19.5. The van der Waals surface area contributed by atoms with E-state index in [2.05, 4.69) is 108 Å². The van der Waals surface area contributed by atoms with Crippen molar-refractivity contribution < 1.29 is 0 Å². The Labute approximate surface area is 176 Å². The minimum absolute atomic E-state index is 0.833. The van der Waals surface area contributed by atoms with E-state index in [0.717, 1.165) is 17.8 Å². The third-order valence-corrected chi connectivity index (χ3v) is 1.14. The van der Waals surface area contributed by atoms with Gasteiger partial charge < -0.3 is 0 Å². The van der Waals surface area contributed by atoms with Crippen molar-refractivity contribution >= 4 is 0 Å². The third-order valence-electron chi connectivity index (χ3n) is 1.14. The molecule has 0 spiro atoms. The molecule has 29 heavy (non-hydrogen) atoms. The maximum Gasteiger partial charge on any atom is 0.138 e. The molecule has 0 aliphatic carbocycles. The summed E-state index contributed by atoms with van der Waals surface area (Å²) in [7, 11) is 0. The molecule has 3 rings (SSSR count). The average Bonchev–Trinajstić information content (AvgIpc) is 3.24. The van der Waals surface area contributed by atoms with E-state index in [1.165, 1.54) is 25.2 Å². The Hall–Kier alpha value is -2.84. The molecule has 3 aromatic rings. The zero-order valence-corrected chi connectivity index (χ0v) is 19.4. The first-order valence-electron chi connectivity index (χ1n) is 9.63. The van der Waals surface area contributed by atoms with Gasteiger partial charge in [0.15, 0.2) is 0 Å². The van der Waals surface area contributed by atoms with E-state index in [1.54, 1.807) is 24.7 Å². The lowest BCUT2D eigenvalue weighted by Crippen LogP contribution is -1.78. The molecule has 0 bridgehead atoms. The number of nitrogens with zero attached hydrogens (tertiary/aromatic N) is 8. The van der Waals surface area contributed by atoms with Crippen LogP contribution in [0.1, 0.15) is 62.3 Å². The number of rotatable bonds is 0. The first kappa shape index (κ1) is 30.9. The molecule has 3 aromatic heterocycles. The van der Waals surface area contributed by atoms with E-state index in [-0.39, 0.29) is 0 Å². The fourth-order valence-electron chi connectivity index (χ4n) is 0.576. The van der Waals surface area contributed by atoms with Gasteiger partial charge in [0.2, 0.25) is 0 Å². The van der Waals surface area contributed by atoms with Gasteiger partial charge in [-0.15, -0.1) is 15.3 Å². The van der Waals surface area contributed by atoms with Crippen molar-refractivity contribution in [3.8, 4) is 0 Å². The van der Waals surface area contributed by atoms with E-state index >= 15 is 0 Å². The van der Waals surface area contributed by atoms with Crippen molar-refractivity contribution in [2.75, 3.05) is 0 Å². The number of hydrogen-bond donors (Lipinski definition) is 1. The Bertz CT molecular complexity index is 434. The Kier molecular flexibility index (Phi) is 29.1. The van der Waals surface area contributed by atoms with Gasteiger partial charge in [0.1, 0.15) is 19.0 Å². The van der Waals surface area contributed by atoms with E-state index in [0.29, 0.717) is 0 Å². The molecule has 0 atom stereocenters. The SMILES string of the molecule is CC(C)C.CC(C)C.CC(C)C.c1cnncn1.c1cnnnc1.c1nc[nH]n1. The lowest BCUT2D eigenvalue weighted by Gasteiger charge is -1.79. The molecular weight excluding hydrogens is 366 g/mol. The summed E-state index contributed by atoms with van der Waals surface area (Å²) in [5, 5.41) is 23.0. The van der Waals surface area contributed by atoms with Gasteiger partial charge in [0, 0.05) is 6.20 Å². The summed E-state index contributed by atoms with van der Waals surface area (Å²) < 4.78 is 0. The van der Waals surface area contributed by atoms with Gasteiger partial charge >= 0.3 is 0 Å². The molecule has 0 unspecified atom stereocenters. The predicted octanol–water partition coefficient (Wildman–Crippen LogP) is 4.53. The predicted molar refractivity (Wildman–Crippen MR) is 118 cm³/mol. The third kappa shape index (κ3) is 67.3. The minimum atomic E-state index is 0.833. The molecule has 0 aromatic carbocycles. The highest BCUT2D eigenvalue weighted by atomic mass is 15.3. The highest BCUT2D eigenvalue weighted by Gasteiger charge is 1.69. The number of H-pyrrole nitrogens is 1. The van der Waals surface area contributed by atoms with Gasteiger partial charge in [-0.1, -0.05) is 62.3 Å². The maximum absolute atomic E-state index is 3.61. The second-order valence-corrected chi connectivity index (χ2v) is 7.45. The number of aromatic nitrogens is 9. The number of aromatic amines is 1. The van der Waals surface area contributed by atoms with Crippen molar-refractivity contribution in [2.24, 2.45) is 17.8 Å². The summed E-state index contributed by atoms with van der Waals surface area (Å²) in [4.78, 5) is 7.17. The first-order valence-corrected chi connectivity index (χ1v) is 9.63. The lowest BCUT2D eigenvalue weighted by molar-refractivity contribution is 0.736. The summed E-state index contributed by atoms with van der Waals surface area (Å²) >= 11 is 0. The van der Waals surface area contributed by atoms with Crippen LogP contribution in [0, 0.1) is 17.8 Å². The second-order valence-electron chi connectivity index (χ2n) is 7.45. The molecule has 9 heteroatoms. The van der Waals surface area contributed by atoms with Gasteiger partial charge in [0.25, 0.3) is 0 Å². The highest BCUT2D eigenvalue weighted by Crippen LogP contribution is 1.82.